The maximum atomic E-state index is 3.65. The van der Waals surface area contributed by atoms with E-state index in [1.807, 2.05) is 0 Å². The fraction of sp³-hybridized carbons (Fsp3) is 0.647. The molecule has 4 heterocycles. The summed E-state index contributed by atoms with van der Waals surface area (Å²) in [7, 11) is 0. The average Bonchev–Trinajstić information content (AvgIpc) is 2.49. The quantitative estimate of drug-likeness (QED) is 0.848. The highest BCUT2D eigenvalue weighted by atomic mass is 79.9. The van der Waals surface area contributed by atoms with Crippen LogP contribution in [0.2, 0.25) is 0 Å². The lowest BCUT2D eigenvalue weighted by atomic mass is 9.56. The van der Waals surface area contributed by atoms with E-state index in [1.54, 1.807) is 0 Å². The summed E-state index contributed by atoms with van der Waals surface area (Å²) in [5.74, 6) is 1.63. The van der Waals surface area contributed by atoms with Crippen molar-refractivity contribution in [1.29, 1.82) is 0 Å². The molecule has 0 amide bonds. The van der Waals surface area contributed by atoms with E-state index in [-0.39, 0.29) is 0 Å². The van der Waals surface area contributed by atoms with Crippen molar-refractivity contribution < 1.29 is 0 Å². The summed E-state index contributed by atoms with van der Waals surface area (Å²) in [6.45, 7) is 6.36. The van der Waals surface area contributed by atoms with Crippen molar-refractivity contribution in [2.24, 2.45) is 11.3 Å². The van der Waals surface area contributed by atoms with E-state index < -0.39 is 0 Å². The van der Waals surface area contributed by atoms with Gasteiger partial charge in [-0.25, -0.2) is 0 Å². The lowest BCUT2D eigenvalue weighted by Gasteiger charge is -2.59. The molecule has 1 N–H and O–H groups in total. The Kier molecular flexibility index (Phi) is 3.40. The fourth-order valence-electron chi connectivity index (χ4n) is 5.01. The molecule has 4 saturated heterocycles. The van der Waals surface area contributed by atoms with Crippen LogP contribution in [0.4, 0.5) is 0 Å². The molecule has 2 bridgehead atoms. The molecule has 4 aliphatic rings. The molecule has 0 saturated carbocycles. The monoisotopic (exact) mass is 334 g/mol. The summed E-state index contributed by atoms with van der Waals surface area (Å²) < 4.78 is 1.22. The standard InChI is InChI=1S/C17H23BrN2/c18-15-3-1-2-13(10-15)16-11-19-7-6-17(16)12-20-8-4-14(17)5-9-20/h1-3,10,14,16,19H,4-9,11-12H2. The molecule has 4 fully saturated rings. The number of piperidine rings is 4. The van der Waals surface area contributed by atoms with Crippen LogP contribution in [0.3, 0.4) is 0 Å². The lowest BCUT2D eigenvalue weighted by Crippen LogP contribution is -2.60. The summed E-state index contributed by atoms with van der Waals surface area (Å²) >= 11 is 3.65. The highest BCUT2D eigenvalue weighted by molar-refractivity contribution is 9.10. The zero-order valence-corrected chi connectivity index (χ0v) is 13.5. The van der Waals surface area contributed by atoms with Crippen LogP contribution in [0.1, 0.15) is 30.7 Å². The first-order valence-electron chi connectivity index (χ1n) is 7.96. The summed E-state index contributed by atoms with van der Waals surface area (Å²) in [6, 6.07) is 9.02. The lowest BCUT2D eigenvalue weighted by molar-refractivity contribution is -0.0617. The molecule has 5 rings (SSSR count). The van der Waals surface area contributed by atoms with Gasteiger partial charge in [0.05, 0.1) is 0 Å². The van der Waals surface area contributed by atoms with Crippen LogP contribution in [0.5, 0.6) is 0 Å². The normalized spacial score (nSPS) is 40.1. The van der Waals surface area contributed by atoms with Crippen LogP contribution in [-0.4, -0.2) is 37.6 Å². The molecule has 3 heteroatoms. The molecule has 20 heavy (non-hydrogen) atoms. The predicted octanol–water partition coefficient (Wildman–Crippen LogP) is 3.24. The van der Waals surface area contributed by atoms with Crippen molar-refractivity contribution in [3.8, 4) is 0 Å². The average molecular weight is 335 g/mol. The molecule has 2 atom stereocenters. The Morgan fingerprint density at radius 3 is 2.80 bits per heavy atom. The Morgan fingerprint density at radius 1 is 1.25 bits per heavy atom. The number of benzene rings is 1. The molecule has 108 valence electrons. The van der Waals surface area contributed by atoms with Gasteiger partial charge in [-0.3, -0.25) is 0 Å². The van der Waals surface area contributed by atoms with E-state index in [4.69, 9.17) is 0 Å². The first-order valence-corrected chi connectivity index (χ1v) is 8.76. The van der Waals surface area contributed by atoms with E-state index >= 15 is 0 Å². The minimum absolute atomic E-state index is 0.530. The predicted molar refractivity (Wildman–Crippen MR) is 86.0 cm³/mol. The van der Waals surface area contributed by atoms with Crippen LogP contribution in [-0.2, 0) is 0 Å². The van der Waals surface area contributed by atoms with Crippen molar-refractivity contribution in [3.05, 3.63) is 34.3 Å². The number of nitrogens with one attached hydrogen (secondary N) is 1. The molecule has 2 unspecified atom stereocenters. The van der Waals surface area contributed by atoms with Crippen molar-refractivity contribution in [2.75, 3.05) is 32.7 Å². The van der Waals surface area contributed by atoms with Gasteiger partial charge in [-0.1, -0.05) is 28.1 Å². The largest absolute Gasteiger partial charge is 0.316 e. The zero-order chi connectivity index (χ0) is 13.6. The number of fused-ring (bicyclic) bond motifs is 2. The molecule has 1 aromatic rings. The smallest absolute Gasteiger partial charge is 0.0178 e. The molecule has 1 spiro atoms. The van der Waals surface area contributed by atoms with Gasteiger partial charge in [0, 0.05) is 23.5 Å². The Balaban J connectivity index is 1.73. The molecule has 2 nitrogen and oxygen atoms in total. The second kappa shape index (κ2) is 5.11. The Morgan fingerprint density at radius 2 is 2.10 bits per heavy atom. The number of nitrogens with zero attached hydrogens (tertiary/aromatic N) is 1. The number of hydrogen-bond donors (Lipinski definition) is 1. The highest BCUT2D eigenvalue weighted by Gasteiger charge is 2.52. The highest BCUT2D eigenvalue weighted by Crippen LogP contribution is 2.54. The van der Waals surface area contributed by atoms with E-state index in [9.17, 15) is 0 Å². The Labute approximate surface area is 130 Å². The van der Waals surface area contributed by atoms with Crippen molar-refractivity contribution in [1.82, 2.24) is 10.2 Å². The molecule has 0 radical (unpaired) electrons. The fourth-order valence-corrected chi connectivity index (χ4v) is 5.42. The minimum Gasteiger partial charge on any atom is -0.316 e. The van der Waals surface area contributed by atoms with Crippen LogP contribution in [0.15, 0.2) is 28.7 Å². The molecule has 0 aromatic heterocycles. The molecular formula is C17H23BrN2. The van der Waals surface area contributed by atoms with E-state index in [2.05, 4.69) is 50.4 Å². The second-order valence-corrected chi connectivity index (χ2v) is 7.76. The van der Waals surface area contributed by atoms with E-state index in [0.717, 1.165) is 12.5 Å². The number of halogens is 1. The van der Waals surface area contributed by atoms with Crippen LogP contribution < -0.4 is 5.32 Å². The third-order valence-corrected chi connectivity index (χ3v) is 6.47. The van der Waals surface area contributed by atoms with Crippen molar-refractivity contribution in [2.45, 2.75) is 25.2 Å². The van der Waals surface area contributed by atoms with Crippen molar-refractivity contribution in [3.63, 3.8) is 0 Å². The van der Waals surface area contributed by atoms with E-state index in [0.29, 0.717) is 11.3 Å². The maximum absolute atomic E-state index is 3.65. The van der Waals surface area contributed by atoms with Gasteiger partial charge in [-0.2, -0.15) is 0 Å². The Hall–Kier alpha value is -0.380. The number of hydrogen-bond acceptors (Lipinski definition) is 2. The van der Waals surface area contributed by atoms with Gasteiger partial charge in [0.2, 0.25) is 0 Å². The van der Waals surface area contributed by atoms with Crippen LogP contribution in [0, 0.1) is 11.3 Å². The molecule has 1 aromatic carbocycles. The minimum atomic E-state index is 0.530. The van der Waals surface area contributed by atoms with Gasteiger partial charge in [0.1, 0.15) is 0 Å². The molecule has 4 aliphatic heterocycles. The van der Waals surface area contributed by atoms with Gasteiger partial charge in [0.25, 0.3) is 0 Å². The summed E-state index contributed by atoms with van der Waals surface area (Å²) in [5.41, 5.74) is 2.06. The van der Waals surface area contributed by atoms with Gasteiger partial charge in [0.15, 0.2) is 0 Å². The third kappa shape index (κ3) is 2.06. The molecular weight excluding hydrogens is 312 g/mol. The topological polar surface area (TPSA) is 15.3 Å². The first kappa shape index (κ1) is 13.3. The maximum Gasteiger partial charge on any atom is 0.0178 e. The summed E-state index contributed by atoms with van der Waals surface area (Å²) in [5, 5.41) is 3.65. The van der Waals surface area contributed by atoms with Crippen molar-refractivity contribution >= 4 is 15.9 Å². The van der Waals surface area contributed by atoms with Gasteiger partial charge in [-0.05, 0) is 67.9 Å². The third-order valence-electron chi connectivity index (χ3n) is 5.98. The van der Waals surface area contributed by atoms with E-state index in [1.165, 1.54) is 55.5 Å². The summed E-state index contributed by atoms with van der Waals surface area (Å²) in [4.78, 5) is 2.72. The second-order valence-electron chi connectivity index (χ2n) is 6.85. The molecule has 0 aliphatic carbocycles. The van der Waals surface area contributed by atoms with Gasteiger partial charge >= 0.3 is 0 Å². The first-order chi connectivity index (χ1) is 9.78. The van der Waals surface area contributed by atoms with Crippen LogP contribution >= 0.6 is 15.9 Å². The summed E-state index contributed by atoms with van der Waals surface area (Å²) in [6.07, 6.45) is 4.19. The zero-order valence-electron chi connectivity index (χ0n) is 11.9. The number of rotatable bonds is 1. The Bertz CT molecular complexity index is 496. The SMILES string of the molecule is Brc1cccc(C2CNCCC23CN2CCC3CC2)c1. The van der Waals surface area contributed by atoms with Gasteiger partial charge in [-0.15, -0.1) is 0 Å². The van der Waals surface area contributed by atoms with Crippen LogP contribution in [0.25, 0.3) is 0 Å². The van der Waals surface area contributed by atoms with Gasteiger partial charge < -0.3 is 10.2 Å².